The largest absolute Gasteiger partial charge is 0.465 e. The fourth-order valence-corrected chi connectivity index (χ4v) is 3.30. The van der Waals surface area contributed by atoms with Gasteiger partial charge in [0.15, 0.2) is 0 Å². The average molecular weight is 342 g/mol. The molecule has 0 fully saturated rings. The van der Waals surface area contributed by atoms with Crippen LogP contribution in [0.3, 0.4) is 0 Å². The number of benzene rings is 1. The van der Waals surface area contributed by atoms with Crippen LogP contribution in [-0.4, -0.2) is 22.6 Å². The predicted octanol–water partition coefficient (Wildman–Crippen LogP) is 4.25. The van der Waals surface area contributed by atoms with Crippen molar-refractivity contribution in [2.24, 2.45) is 0 Å². The van der Waals surface area contributed by atoms with E-state index in [1.807, 2.05) is 29.0 Å². The Labute approximate surface area is 142 Å². The lowest BCUT2D eigenvalue weighted by Gasteiger charge is -2.02. The van der Waals surface area contributed by atoms with E-state index in [0.29, 0.717) is 11.4 Å². The molecule has 122 valence electrons. The average Bonchev–Trinajstić information content (AvgIpc) is 3.25. The van der Waals surface area contributed by atoms with Crippen molar-refractivity contribution < 1.29 is 13.9 Å². The molecule has 0 radical (unpaired) electrons. The molecule has 0 aliphatic rings. The second-order valence-electron chi connectivity index (χ2n) is 5.05. The number of hydrogen-bond acceptors (Lipinski definition) is 4. The van der Waals surface area contributed by atoms with Crippen LogP contribution in [0.2, 0.25) is 0 Å². The van der Waals surface area contributed by atoms with Gasteiger partial charge < -0.3 is 9.30 Å². The Balaban J connectivity index is 1.89. The summed E-state index contributed by atoms with van der Waals surface area (Å²) in [6.07, 6.45) is 9.28. The third-order valence-corrected chi connectivity index (χ3v) is 4.52. The first-order valence-electron chi connectivity index (χ1n) is 7.28. The molecule has 0 amide bonds. The van der Waals surface area contributed by atoms with Crippen LogP contribution in [0.25, 0.3) is 17.2 Å². The summed E-state index contributed by atoms with van der Waals surface area (Å²) < 4.78 is 19.9. The Morgan fingerprint density at radius 3 is 2.83 bits per heavy atom. The van der Waals surface area contributed by atoms with Crippen LogP contribution in [0.4, 0.5) is 4.39 Å². The predicted molar refractivity (Wildman–Crippen MR) is 92.3 cm³/mol. The van der Waals surface area contributed by atoms with E-state index in [4.69, 9.17) is 4.74 Å². The number of thiophene rings is 1. The monoisotopic (exact) mass is 342 g/mol. The minimum absolute atomic E-state index is 0.311. The van der Waals surface area contributed by atoms with Crippen LogP contribution < -0.4 is 0 Å². The number of esters is 1. The fourth-order valence-electron chi connectivity index (χ4n) is 2.27. The van der Waals surface area contributed by atoms with E-state index in [0.717, 1.165) is 16.0 Å². The van der Waals surface area contributed by atoms with Gasteiger partial charge >= 0.3 is 5.97 Å². The summed E-state index contributed by atoms with van der Waals surface area (Å²) in [7, 11) is 1.35. The van der Waals surface area contributed by atoms with E-state index >= 15 is 0 Å². The summed E-state index contributed by atoms with van der Waals surface area (Å²) >= 11 is 1.35. The summed E-state index contributed by atoms with van der Waals surface area (Å²) in [5, 5.41) is 0. The molecule has 0 atom stereocenters. The third-order valence-electron chi connectivity index (χ3n) is 3.43. The SMILES string of the molecule is COC(=O)c1sc(/C=C/Cn2ccnc2)cc1-c1ccc(F)cc1. The first-order valence-corrected chi connectivity index (χ1v) is 8.09. The maximum Gasteiger partial charge on any atom is 0.348 e. The van der Waals surface area contributed by atoms with Crippen molar-refractivity contribution in [1.29, 1.82) is 0 Å². The molecule has 3 aromatic rings. The van der Waals surface area contributed by atoms with Gasteiger partial charge in [-0.1, -0.05) is 18.2 Å². The molecule has 3 rings (SSSR count). The van der Waals surface area contributed by atoms with Crippen LogP contribution in [0.15, 0.2) is 55.1 Å². The lowest BCUT2D eigenvalue weighted by atomic mass is 10.1. The number of allylic oxidation sites excluding steroid dienone is 1. The van der Waals surface area contributed by atoms with Crippen molar-refractivity contribution in [2.45, 2.75) is 6.54 Å². The first-order chi connectivity index (χ1) is 11.7. The zero-order valence-corrected chi connectivity index (χ0v) is 13.8. The maximum atomic E-state index is 13.1. The number of aromatic nitrogens is 2. The quantitative estimate of drug-likeness (QED) is 0.651. The van der Waals surface area contributed by atoms with Crippen molar-refractivity contribution in [2.75, 3.05) is 7.11 Å². The van der Waals surface area contributed by atoms with Crippen molar-refractivity contribution in [1.82, 2.24) is 9.55 Å². The number of halogens is 1. The highest BCUT2D eigenvalue weighted by Crippen LogP contribution is 2.33. The highest BCUT2D eigenvalue weighted by atomic mass is 32.1. The van der Waals surface area contributed by atoms with Gasteiger partial charge in [0, 0.05) is 29.4 Å². The Kier molecular flexibility index (Phi) is 4.86. The van der Waals surface area contributed by atoms with Crippen LogP contribution in [0, 0.1) is 5.82 Å². The molecule has 1 aromatic carbocycles. The molecular weight excluding hydrogens is 327 g/mol. The minimum atomic E-state index is -0.395. The van der Waals surface area contributed by atoms with Gasteiger partial charge in [0.2, 0.25) is 0 Å². The molecule has 0 spiro atoms. The lowest BCUT2D eigenvalue weighted by molar-refractivity contribution is 0.0607. The van der Waals surface area contributed by atoms with E-state index in [9.17, 15) is 9.18 Å². The van der Waals surface area contributed by atoms with Gasteiger partial charge in [0.05, 0.1) is 13.4 Å². The van der Waals surface area contributed by atoms with Crippen LogP contribution in [0.5, 0.6) is 0 Å². The smallest absolute Gasteiger partial charge is 0.348 e. The van der Waals surface area contributed by atoms with E-state index in [1.165, 1.54) is 30.6 Å². The number of hydrogen-bond donors (Lipinski definition) is 0. The van der Waals surface area contributed by atoms with Gasteiger partial charge in [0.25, 0.3) is 0 Å². The first kappa shape index (κ1) is 16.1. The molecular formula is C18H15FN2O2S. The highest BCUT2D eigenvalue weighted by molar-refractivity contribution is 7.15. The Bertz CT molecular complexity index is 852. The van der Waals surface area contributed by atoms with Gasteiger partial charge in [-0.15, -0.1) is 11.3 Å². The van der Waals surface area contributed by atoms with Crippen molar-refractivity contribution >= 4 is 23.4 Å². The van der Waals surface area contributed by atoms with Crippen molar-refractivity contribution in [3.63, 3.8) is 0 Å². The molecule has 2 heterocycles. The molecule has 0 N–H and O–H groups in total. The van der Waals surface area contributed by atoms with Gasteiger partial charge in [-0.3, -0.25) is 0 Å². The molecule has 0 saturated heterocycles. The second kappa shape index (κ2) is 7.23. The molecule has 0 saturated carbocycles. The fraction of sp³-hybridized carbons (Fsp3) is 0.111. The maximum absolute atomic E-state index is 13.1. The number of rotatable bonds is 5. The molecule has 0 bridgehead atoms. The third kappa shape index (κ3) is 3.60. The summed E-state index contributed by atoms with van der Waals surface area (Å²) in [4.78, 5) is 17.4. The van der Waals surface area contributed by atoms with Gasteiger partial charge in [-0.2, -0.15) is 0 Å². The molecule has 0 aliphatic carbocycles. The number of ether oxygens (including phenoxy) is 1. The van der Waals surface area contributed by atoms with Gasteiger partial charge in [0.1, 0.15) is 10.7 Å². The lowest BCUT2D eigenvalue weighted by Crippen LogP contribution is -1.99. The number of carbonyl (C=O) groups is 1. The molecule has 2 aromatic heterocycles. The van der Waals surface area contributed by atoms with Crippen LogP contribution in [-0.2, 0) is 11.3 Å². The van der Waals surface area contributed by atoms with E-state index in [2.05, 4.69) is 4.98 Å². The minimum Gasteiger partial charge on any atom is -0.465 e. The number of methoxy groups -OCH3 is 1. The van der Waals surface area contributed by atoms with Crippen molar-refractivity contribution in [3.8, 4) is 11.1 Å². The summed E-state index contributed by atoms with van der Waals surface area (Å²) in [5.41, 5.74) is 1.52. The van der Waals surface area contributed by atoms with Gasteiger partial charge in [-0.05, 0) is 29.8 Å². The molecule has 6 heteroatoms. The Morgan fingerprint density at radius 2 is 2.17 bits per heavy atom. The van der Waals surface area contributed by atoms with E-state index in [-0.39, 0.29) is 5.82 Å². The van der Waals surface area contributed by atoms with E-state index in [1.54, 1.807) is 24.7 Å². The normalized spacial score (nSPS) is 11.1. The Hall–Kier alpha value is -2.73. The van der Waals surface area contributed by atoms with Crippen LogP contribution in [0.1, 0.15) is 14.5 Å². The topological polar surface area (TPSA) is 44.1 Å². The molecule has 24 heavy (non-hydrogen) atoms. The standard InChI is InChI=1S/C18H15FN2O2S/c1-23-18(22)17-16(13-4-6-14(19)7-5-13)11-15(24-17)3-2-9-21-10-8-20-12-21/h2-8,10-12H,9H2,1H3/b3-2+. The summed E-state index contributed by atoms with van der Waals surface area (Å²) in [5.74, 6) is -0.706. The number of imidazole rings is 1. The van der Waals surface area contributed by atoms with E-state index < -0.39 is 5.97 Å². The Morgan fingerprint density at radius 1 is 1.38 bits per heavy atom. The number of carbonyl (C=O) groups excluding carboxylic acids is 1. The summed E-state index contributed by atoms with van der Waals surface area (Å²) in [6.45, 7) is 0.692. The van der Waals surface area contributed by atoms with Crippen LogP contribution >= 0.6 is 11.3 Å². The molecule has 0 unspecified atom stereocenters. The zero-order valence-electron chi connectivity index (χ0n) is 13.0. The molecule has 0 aliphatic heterocycles. The van der Waals surface area contributed by atoms with Gasteiger partial charge in [-0.25, -0.2) is 14.2 Å². The van der Waals surface area contributed by atoms with Crippen molar-refractivity contribution in [3.05, 3.63) is 70.7 Å². The second-order valence-corrected chi connectivity index (χ2v) is 6.14. The number of nitrogens with zero attached hydrogens (tertiary/aromatic N) is 2. The summed E-state index contributed by atoms with van der Waals surface area (Å²) in [6, 6.07) is 7.98. The highest BCUT2D eigenvalue weighted by Gasteiger charge is 2.17. The zero-order chi connectivity index (χ0) is 16.9. The molecule has 4 nitrogen and oxygen atoms in total.